The van der Waals surface area contributed by atoms with E-state index in [2.05, 4.69) is 15.3 Å². The van der Waals surface area contributed by atoms with Gasteiger partial charge in [-0.05, 0) is 18.2 Å². The van der Waals surface area contributed by atoms with E-state index < -0.39 is 35.3 Å². The molecule has 9 nitrogen and oxygen atoms in total. The highest BCUT2D eigenvalue weighted by Crippen LogP contribution is 2.29. The molecule has 3 aromatic heterocycles. The molecule has 0 spiro atoms. The highest BCUT2D eigenvalue weighted by molar-refractivity contribution is 7.18. The maximum absolute atomic E-state index is 13.1. The summed E-state index contributed by atoms with van der Waals surface area (Å²) >= 11 is 7.36. The van der Waals surface area contributed by atoms with Gasteiger partial charge in [0.1, 0.15) is 28.5 Å². The summed E-state index contributed by atoms with van der Waals surface area (Å²) in [7, 11) is 0. The van der Waals surface area contributed by atoms with E-state index in [-0.39, 0.29) is 22.6 Å². The molecule has 0 unspecified atom stereocenters. The number of thiazole rings is 1. The molecule has 3 N–H and O–H groups in total. The highest BCUT2D eigenvalue weighted by atomic mass is 35.5. The zero-order valence-electron chi connectivity index (χ0n) is 15.1. The minimum absolute atomic E-state index is 0.00278. The first-order chi connectivity index (χ1) is 14.3. The van der Waals surface area contributed by atoms with Crippen LogP contribution in [-0.2, 0) is 11.3 Å². The SMILES string of the molecule is O=C(O)CNC(=O)c1c(O)c2cc(Cl)cnc2n(Cc2nc3ccccc3s2)c1=O. The fourth-order valence-corrected chi connectivity index (χ4v) is 4.12. The maximum Gasteiger partial charge on any atom is 0.322 e. The van der Waals surface area contributed by atoms with Crippen LogP contribution in [0.2, 0.25) is 5.02 Å². The predicted octanol–water partition coefficient (Wildman–Crippen LogP) is 2.23. The molecule has 0 radical (unpaired) electrons. The van der Waals surface area contributed by atoms with Crippen molar-refractivity contribution in [1.82, 2.24) is 19.9 Å². The lowest BCUT2D eigenvalue weighted by Crippen LogP contribution is -2.36. The molecule has 1 amide bonds. The third-order valence-electron chi connectivity index (χ3n) is 4.30. The zero-order chi connectivity index (χ0) is 21.4. The number of aromatic nitrogens is 3. The summed E-state index contributed by atoms with van der Waals surface area (Å²) in [6.45, 7) is -0.704. The van der Waals surface area contributed by atoms with E-state index in [0.29, 0.717) is 5.01 Å². The molecule has 3 heterocycles. The van der Waals surface area contributed by atoms with Crippen LogP contribution in [0.1, 0.15) is 15.4 Å². The number of rotatable bonds is 5. The number of aliphatic carboxylic acids is 1. The van der Waals surface area contributed by atoms with Gasteiger partial charge in [-0.25, -0.2) is 9.97 Å². The van der Waals surface area contributed by atoms with Crippen LogP contribution in [-0.4, -0.2) is 43.2 Å². The monoisotopic (exact) mass is 444 g/mol. The molecule has 0 aliphatic rings. The van der Waals surface area contributed by atoms with Gasteiger partial charge >= 0.3 is 5.97 Å². The normalized spacial score (nSPS) is 11.1. The Morgan fingerprint density at radius 2 is 2.03 bits per heavy atom. The topological polar surface area (TPSA) is 134 Å². The number of para-hydroxylation sites is 1. The number of fused-ring (bicyclic) bond motifs is 2. The molecule has 0 saturated carbocycles. The Balaban J connectivity index is 1.89. The zero-order valence-corrected chi connectivity index (χ0v) is 16.7. The Hall–Kier alpha value is -3.50. The van der Waals surface area contributed by atoms with Crippen LogP contribution in [0.15, 0.2) is 41.3 Å². The number of nitrogens with zero attached hydrogens (tertiary/aromatic N) is 3. The molecule has 0 aliphatic heterocycles. The molecule has 4 rings (SSSR count). The van der Waals surface area contributed by atoms with Crippen molar-refractivity contribution in [2.45, 2.75) is 6.54 Å². The van der Waals surface area contributed by atoms with Crippen LogP contribution >= 0.6 is 22.9 Å². The summed E-state index contributed by atoms with van der Waals surface area (Å²) in [5, 5.41) is 22.3. The minimum atomic E-state index is -1.29. The molecule has 0 saturated heterocycles. The van der Waals surface area contributed by atoms with Gasteiger partial charge in [-0.1, -0.05) is 23.7 Å². The lowest BCUT2D eigenvalue weighted by molar-refractivity contribution is -0.135. The van der Waals surface area contributed by atoms with Gasteiger partial charge in [0.15, 0.2) is 0 Å². The Kier molecular flexibility index (Phi) is 5.10. The number of aromatic hydroxyl groups is 1. The summed E-state index contributed by atoms with van der Waals surface area (Å²) in [5.41, 5.74) is -0.522. The summed E-state index contributed by atoms with van der Waals surface area (Å²) in [6, 6.07) is 8.84. The van der Waals surface area contributed by atoms with Crippen LogP contribution in [0.25, 0.3) is 21.3 Å². The molecule has 1 aromatic carbocycles. The van der Waals surface area contributed by atoms with E-state index in [0.717, 1.165) is 10.2 Å². The van der Waals surface area contributed by atoms with Crippen LogP contribution < -0.4 is 10.9 Å². The number of benzene rings is 1. The Bertz CT molecular complexity index is 1350. The van der Waals surface area contributed by atoms with Gasteiger partial charge in [0.2, 0.25) is 0 Å². The number of hydrogen-bond donors (Lipinski definition) is 3. The second kappa shape index (κ2) is 7.73. The van der Waals surface area contributed by atoms with Crippen molar-refractivity contribution in [1.29, 1.82) is 0 Å². The number of hydrogen-bond acceptors (Lipinski definition) is 7. The molecule has 0 fully saturated rings. The van der Waals surface area contributed by atoms with E-state index in [9.17, 15) is 19.5 Å². The largest absolute Gasteiger partial charge is 0.506 e. The number of nitrogens with one attached hydrogen (secondary N) is 1. The molecule has 0 atom stereocenters. The van der Waals surface area contributed by atoms with Crippen LogP contribution in [0.4, 0.5) is 0 Å². The number of halogens is 1. The molecular formula is C19H13ClN4O5S. The number of pyridine rings is 2. The third kappa shape index (κ3) is 3.58. The Morgan fingerprint density at radius 3 is 2.77 bits per heavy atom. The first kappa shape index (κ1) is 19.8. The van der Waals surface area contributed by atoms with E-state index >= 15 is 0 Å². The van der Waals surface area contributed by atoms with Gasteiger partial charge in [0.25, 0.3) is 11.5 Å². The van der Waals surface area contributed by atoms with E-state index in [4.69, 9.17) is 16.7 Å². The van der Waals surface area contributed by atoms with E-state index in [1.165, 1.54) is 28.2 Å². The van der Waals surface area contributed by atoms with Crippen LogP contribution in [0, 0.1) is 0 Å². The number of carboxylic acid groups (broad SMARTS) is 1. The van der Waals surface area contributed by atoms with Gasteiger partial charge in [0.05, 0.1) is 27.2 Å². The average Bonchev–Trinajstić information content (AvgIpc) is 3.12. The molecule has 152 valence electrons. The fourth-order valence-electron chi connectivity index (χ4n) is 3.01. The lowest BCUT2D eigenvalue weighted by atomic mass is 10.1. The molecule has 0 bridgehead atoms. The second-order valence-electron chi connectivity index (χ2n) is 6.29. The quantitative estimate of drug-likeness (QED) is 0.429. The van der Waals surface area contributed by atoms with E-state index in [1.54, 1.807) is 0 Å². The predicted molar refractivity (Wildman–Crippen MR) is 111 cm³/mol. The lowest BCUT2D eigenvalue weighted by Gasteiger charge is -2.13. The number of carboxylic acids is 1. The first-order valence-corrected chi connectivity index (χ1v) is 9.80. The van der Waals surface area contributed by atoms with Gasteiger partial charge in [-0.2, -0.15) is 0 Å². The van der Waals surface area contributed by atoms with Crippen molar-refractivity contribution in [3.05, 3.63) is 62.5 Å². The van der Waals surface area contributed by atoms with Gasteiger partial charge in [-0.3, -0.25) is 19.0 Å². The van der Waals surface area contributed by atoms with Crippen molar-refractivity contribution >= 4 is 56.1 Å². The van der Waals surface area contributed by atoms with E-state index in [1.807, 2.05) is 24.3 Å². The summed E-state index contributed by atoms with van der Waals surface area (Å²) in [6.07, 6.45) is 1.32. The maximum atomic E-state index is 13.1. The smallest absolute Gasteiger partial charge is 0.322 e. The van der Waals surface area contributed by atoms with Crippen molar-refractivity contribution in [2.75, 3.05) is 6.54 Å². The summed E-state index contributed by atoms with van der Waals surface area (Å²) in [4.78, 5) is 44.9. The number of carbonyl (C=O) groups is 2. The standard InChI is InChI=1S/C19H13ClN4O5S/c20-9-5-10-16(27)15(18(28)22-7-14(25)26)19(29)24(17(10)21-6-9)8-13-23-11-3-1-2-4-12(11)30-13/h1-6,27H,7-8H2,(H,22,28)(H,25,26). The first-order valence-electron chi connectivity index (χ1n) is 8.60. The molecule has 4 aromatic rings. The Morgan fingerprint density at radius 1 is 1.27 bits per heavy atom. The summed E-state index contributed by atoms with van der Waals surface area (Å²) < 4.78 is 2.14. The molecule has 30 heavy (non-hydrogen) atoms. The average molecular weight is 445 g/mol. The van der Waals surface area contributed by atoms with Gasteiger partial charge in [-0.15, -0.1) is 11.3 Å². The van der Waals surface area contributed by atoms with Crippen LogP contribution in [0.5, 0.6) is 5.75 Å². The number of carbonyl (C=O) groups excluding carboxylic acids is 1. The molecular weight excluding hydrogens is 432 g/mol. The fraction of sp³-hybridized carbons (Fsp3) is 0.105. The van der Waals surface area contributed by atoms with Crippen molar-refractivity contribution < 1.29 is 19.8 Å². The summed E-state index contributed by atoms with van der Waals surface area (Å²) in [5.74, 6) is -2.92. The molecule has 0 aliphatic carbocycles. The second-order valence-corrected chi connectivity index (χ2v) is 7.84. The van der Waals surface area contributed by atoms with Crippen molar-refractivity contribution in [3.8, 4) is 5.75 Å². The van der Waals surface area contributed by atoms with Gasteiger partial charge < -0.3 is 15.5 Å². The van der Waals surface area contributed by atoms with Crippen molar-refractivity contribution in [3.63, 3.8) is 0 Å². The third-order valence-corrected chi connectivity index (χ3v) is 5.53. The minimum Gasteiger partial charge on any atom is -0.506 e. The Labute approximate surface area is 177 Å². The van der Waals surface area contributed by atoms with Crippen molar-refractivity contribution in [2.24, 2.45) is 0 Å². The van der Waals surface area contributed by atoms with Crippen LogP contribution in [0.3, 0.4) is 0 Å². The highest BCUT2D eigenvalue weighted by Gasteiger charge is 2.24. The van der Waals surface area contributed by atoms with Gasteiger partial charge in [0, 0.05) is 6.20 Å². The number of amides is 1. The molecule has 11 heteroatoms.